The Morgan fingerprint density at radius 2 is 2.11 bits per heavy atom. The van der Waals surface area contributed by atoms with Crippen molar-refractivity contribution in [3.8, 4) is 17.2 Å². The number of carbonyl (C=O) groups excluding carboxylic acids is 1. The summed E-state index contributed by atoms with van der Waals surface area (Å²) in [4.78, 5) is 20.8. The van der Waals surface area contributed by atoms with E-state index in [0.29, 0.717) is 17.9 Å². The normalized spacial score (nSPS) is 18.1. The van der Waals surface area contributed by atoms with Gasteiger partial charge in [0, 0.05) is 35.2 Å². The summed E-state index contributed by atoms with van der Waals surface area (Å²) >= 11 is 0. The minimum absolute atomic E-state index is 0.156. The number of pyridine rings is 2. The number of nitriles is 1. The summed E-state index contributed by atoms with van der Waals surface area (Å²) in [6.45, 7) is 4.03. The van der Waals surface area contributed by atoms with E-state index in [1.165, 1.54) is 0 Å². The summed E-state index contributed by atoms with van der Waals surface area (Å²) in [5.74, 6) is -0.0990. The van der Waals surface area contributed by atoms with Crippen LogP contribution >= 0.6 is 0 Å². The van der Waals surface area contributed by atoms with Crippen molar-refractivity contribution in [3.05, 3.63) is 47.9 Å². The summed E-state index contributed by atoms with van der Waals surface area (Å²) in [5.41, 5.74) is 11.2. The molecule has 6 heteroatoms. The number of anilines is 2. The maximum Gasteiger partial charge on any atom is 0.230 e. The van der Waals surface area contributed by atoms with Crippen LogP contribution in [0.5, 0.6) is 0 Å². The first-order valence-electron chi connectivity index (χ1n) is 8.80. The Hall–Kier alpha value is -3.46. The first kappa shape index (κ1) is 17.0. The van der Waals surface area contributed by atoms with Crippen molar-refractivity contribution < 1.29 is 4.79 Å². The summed E-state index contributed by atoms with van der Waals surface area (Å²) in [7, 11) is 0. The lowest BCUT2D eigenvalue weighted by molar-refractivity contribution is -0.117. The topological polar surface area (TPSA) is 105 Å². The third-order valence-corrected chi connectivity index (χ3v) is 5.21. The monoisotopic (exact) mass is 357 g/mol. The zero-order valence-corrected chi connectivity index (χ0v) is 15.2. The molecule has 1 saturated carbocycles. The van der Waals surface area contributed by atoms with Crippen molar-refractivity contribution in [3.63, 3.8) is 0 Å². The summed E-state index contributed by atoms with van der Waals surface area (Å²) in [6.07, 6.45) is 5.90. The fraction of sp³-hybridized carbons (Fsp3) is 0.238. The van der Waals surface area contributed by atoms with Crippen LogP contribution in [-0.2, 0) is 4.79 Å². The average Bonchev–Trinajstić information content (AvgIpc) is 3.45. The van der Waals surface area contributed by atoms with Crippen LogP contribution in [0.3, 0.4) is 0 Å². The number of nitrogens with zero attached hydrogens (tertiary/aromatic N) is 3. The number of aromatic nitrogens is 2. The molecule has 0 radical (unpaired) electrons. The van der Waals surface area contributed by atoms with Gasteiger partial charge in [0.05, 0.1) is 17.9 Å². The van der Waals surface area contributed by atoms with Gasteiger partial charge < -0.3 is 11.1 Å². The Balaban J connectivity index is 1.75. The van der Waals surface area contributed by atoms with Gasteiger partial charge in [0.15, 0.2) is 0 Å². The minimum atomic E-state index is -0.232. The second kappa shape index (κ2) is 6.36. The Kier molecular flexibility index (Phi) is 4.00. The average molecular weight is 357 g/mol. The summed E-state index contributed by atoms with van der Waals surface area (Å²) in [6, 6.07) is 7.97. The molecular formula is C21H19N5O. The molecule has 3 aromatic rings. The molecule has 134 valence electrons. The van der Waals surface area contributed by atoms with Crippen LogP contribution < -0.4 is 11.1 Å². The van der Waals surface area contributed by atoms with Crippen molar-refractivity contribution in [1.29, 1.82) is 5.26 Å². The van der Waals surface area contributed by atoms with Gasteiger partial charge in [-0.15, -0.1) is 0 Å². The molecule has 1 unspecified atom stereocenters. The highest BCUT2D eigenvalue weighted by Gasteiger charge is 2.43. The lowest BCUT2D eigenvalue weighted by Crippen LogP contribution is -2.15. The number of hydrogen-bond donors (Lipinski definition) is 2. The molecule has 0 spiro atoms. The molecule has 1 amide bonds. The van der Waals surface area contributed by atoms with Gasteiger partial charge in [-0.05, 0) is 60.5 Å². The van der Waals surface area contributed by atoms with Crippen molar-refractivity contribution in [2.45, 2.75) is 20.3 Å². The molecule has 4 rings (SSSR count). The van der Waals surface area contributed by atoms with Crippen molar-refractivity contribution in [2.75, 3.05) is 11.1 Å². The van der Waals surface area contributed by atoms with Gasteiger partial charge in [0.2, 0.25) is 5.91 Å². The number of nitrogens with two attached hydrogens (primary N) is 1. The summed E-state index contributed by atoms with van der Waals surface area (Å²) in [5, 5.41) is 13.4. The number of hydrogen-bond acceptors (Lipinski definition) is 5. The van der Waals surface area contributed by atoms with E-state index in [1.54, 1.807) is 12.4 Å². The van der Waals surface area contributed by atoms with Crippen LogP contribution in [0.1, 0.15) is 17.5 Å². The van der Waals surface area contributed by atoms with Gasteiger partial charge in [-0.2, -0.15) is 5.26 Å². The fourth-order valence-corrected chi connectivity index (χ4v) is 3.37. The molecule has 2 atom stereocenters. The van der Waals surface area contributed by atoms with E-state index in [0.717, 1.165) is 33.0 Å². The van der Waals surface area contributed by atoms with Crippen molar-refractivity contribution >= 4 is 28.2 Å². The van der Waals surface area contributed by atoms with E-state index in [4.69, 9.17) is 11.0 Å². The second-order valence-electron chi connectivity index (χ2n) is 7.01. The number of rotatable bonds is 3. The molecule has 2 aromatic heterocycles. The Bertz CT molecular complexity index is 1120. The second-order valence-corrected chi connectivity index (χ2v) is 7.01. The molecule has 2 heterocycles. The molecule has 3 N–H and O–H groups in total. The van der Waals surface area contributed by atoms with Gasteiger partial charge in [-0.3, -0.25) is 9.78 Å². The van der Waals surface area contributed by atoms with Gasteiger partial charge in [0.1, 0.15) is 5.82 Å². The van der Waals surface area contributed by atoms with E-state index in [2.05, 4.69) is 27.4 Å². The molecule has 0 aliphatic heterocycles. The molecule has 27 heavy (non-hydrogen) atoms. The number of fused-ring (bicyclic) bond motifs is 1. The molecule has 1 aromatic carbocycles. The predicted octanol–water partition coefficient (Wildman–Crippen LogP) is 3.59. The maximum atomic E-state index is 12.2. The van der Waals surface area contributed by atoms with Gasteiger partial charge in [0.25, 0.3) is 0 Å². The largest absolute Gasteiger partial charge is 0.398 e. The number of carbonyl (C=O) groups is 1. The fourth-order valence-electron chi connectivity index (χ4n) is 3.37. The van der Waals surface area contributed by atoms with Crippen LogP contribution in [0.4, 0.5) is 11.5 Å². The Labute approximate surface area is 157 Å². The van der Waals surface area contributed by atoms with E-state index in [9.17, 15) is 4.79 Å². The van der Waals surface area contributed by atoms with Crippen LogP contribution in [0.25, 0.3) is 21.9 Å². The van der Waals surface area contributed by atoms with E-state index >= 15 is 0 Å². The van der Waals surface area contributed by atoms with Crippen LogP contribution in [0.2, 0.25) is 0 Å². The third kappa shape index (κ3) is 2.97. The number of nitrogens with one attached hydrogen (secondary N) is 1. The van der Waals surface area contributed by atoms with E-state index in [1.807, 2.05) is 32.2 Å². The molecule has 0 saturated heterocycles. The standard InChI is InChI=1S/C21H19N5O/c1-11-3-4-24-9-17(11)15-5-13-7-19(25-10-18(13)20(23)12(15)2)26-21(27)16-6-14(16)8-22/h3-5,7,9-10,14,16H,6,23H2,1-2H3,(H,25,26,27)/t14?,16-/m1/s1. The van der Waals surface area contributed by atoms with Crippen molar-refractivity contribution in [1.82, 2.24) is 9.97 Å². The zero-order chi connectivity index (χ0) is 19.1. The van der Waals surface area contributed by atoms with Crippen LogP contribution in [0.15, 0.2) is 36.8 Å². The number of amides is 1. The SMILES string of the molecule is Cc1ccncc1-c1cc2cc(NC(=O)[C@@H]3CC3C#N)ncc2c(N)c1C. The van der Waals surface area contributed by atoms with Crippen LogP contribution in [-0.4, -0.2) is 15.9 Å². The molecule has 6 nitrogen and oxygen atoms in total. The summed E-state index contributed by atoms with van der Waals surface area (Å²) < 4.78 is 0. The molecule has 0 bridgehead atoms. The highest BCUT2D eigenvalue weighted by atomic mass is 16.2. The molecule has 1 aliphatic rings. The van der Waals surface area contributed by atoms with Gasteiger partial charge >= 0.3 is 0 Å². The quantitative estimate of drug-likeness (QED) is 0.697. The molecule has 1 aliphatic carbocycles. The highest BCUT2D eigenvalue weighted by molar-refractivity contribution is 6.01. The smallest absolute Gasteiger partial charge is 0.230 e. The molecular weight excluding hydrogens is 338 g/mol. The third-order valence-electron chi connectivity index (χ3n) is 5.21. The first-order valence-corrected chi connectivity index (χ1v) is 8.80. The lowest BCUT2D eigenvalue weighted by Gasteiger charge is -2.14. The lowest BCUT2D eigenvalue weighted by atomic mass is 9.94. The number of aryl methyl sites for hydroxylation is 1. The predicted molar refractivity (Wildman–Crippen MR) is 105 cm³/mol. The molecule has 1 fully saturated rings. The minimum Gasteiger partial charge on any atom is -0.398 e. The van der Waals surface area contributed by atoms with E-state index in [-0.39, 0.29) is 17.7 Å². The Morgan fingerprint density at radius 1 is 1.30 bits per heavy atom. The van der Waals surface area contributed by atoms with E-state index < -0.39 is 0 Å². The number of benzene rings is 1. The van der Waals surface area contributed by atoms with Gasteiger partial charge in [-0.25, -0.2) is 4.98 Å². The van der Waals surface area contributed by atoms with Crippen molar-refractivity contribution in [2.24, 2.45) is 11.8 Å². The van der Waals surface area contributed by atoms with Gasteiger partial charge in [-0.1, -0.05) is 0 Å². The van der Waals surface area contributed by atoms with Crippen LogP contribution in [0, 0.1) is 37.0 Å². The number of nitrogen functional groups attached to an aromatic ring is 1. The highest BCUT2D eigenvalue weighted by Crippen LogP contribution is 2.39. The first-order chi connectivity index (χ1) is 13.0. The maximum absolute atomic E-state index is 12.2. The Morgan fingerprint density at radius 3 is 2.81 bits per heavy atom. The zero-order valence-electron chi connectivity index (χ0n) is 15.2.